The van der Waals surface area contributed by atoms with Crippen molar-refractivity contribution in [3.8, 4) is 0 Å². The molecule has 0 aliphatic rings. The molecule has 0 heterocycles. The monoisotopic (exact) mass is 325 g/mol. The van der Waals surface area contributed by atoms with Crippen LogP contribution in [0, 0.1) is 0 Å². The minimum atomic E-state index is -1.47. The van der Waals surface area contributed by atoms with Gasteiger partial charge in [0, 0.05) is 0 Å². The van der Waals surface area contributed by atoms with Crippen LogP contribution in [-0.4, -0.2) is 57.2 Å². The van der Waals surface area contributed by atoms with Gasteiger partial charge < -0.3 is 0 Å². The van der Waals surface area contributed by atoms with Crippen molar-refractivity contribution in [2.75, 3.05) is 0 Å². The second-order valence-electron chi connectivity index (χ2n) is 0.368. The zero-order valence-electron chi connectivity index (χ0n) is 2.62. The molecule has 0 saturated carbocycles. The summed E-state index contributed by atoms with van der Waals surface area (Å²) < 4.78 is 18.4. The van der Waals surface area contributed by atoms with Gasteiger partial charge in [0.1, 0.15) is 0 Å². The average Bonchev–Trinajstić information content (AvgIpc) is 1.65. The van der Waals surface area contributed by atoms with Crippen LogP contribution < -0.4 is 0 Å². The van der Waals surface area contributed by atoms with Crippen molar-refractivity contribution in [3.05, 3.63) is 0 Å². The normalized spacial score (nSPS) is 12.1. The van der Waals surface area contributed by atoms with Gasteiger partial charge in [-0.05, 0) is 0 Å². The Hall–Kier alpha value is 2.58. The number of hydrogen-bond donors (Lipinski definition) is 0. The van der Waals surface area contributed by atoms with Crippen LogP contribution in [0.4, 0.5) is 0 Å². The molecular weight excluding hydrogens is 321 g/mol. The van der Waals surface area contributed by atoms with Crippen LogP contribution in [0.1, 0.15) is 0 Å². The topological polar surface area (TPSA) is 35.5 Å². The van der Waals surface area contributed by atoms with Crippen LogP contribution in [0.3, 0.4) is 0 Å². The molecule has 1 unspecified atom stereocenters. The first kappa shape index (κ1) is 12.3. The van der Waals surface area contributed by atoms with Crippen molar-refractivity contribution >= 4 is 64.4 Å². The van der Waals surface area contributed by atoms with E-state index in [0.717, 1.165) is 0 Å². The van der Waals surface area contributed by atoms with Gasteiger partial charge in [0.15, 0.2) is 0 Å². The van der Waals surface area contributed by atoms with Gasteiger partial charge in [0.05, 0.1) is 0 Å². The predicted octanol–water partition coefficient (Wildman–Crippen LogP) is -2.04. The van der Waals surface area contributed by atoms with Gasteiger partial charge in [0.2, 0.25) is 0 Å². The minimum absolute atomic E-state index is 0. The van der Waals surface area contributed by atoms with E-state index in [-0.39, 0.29) is 29.6 Å². The Kier molecular flexibility index (Phi) is 15.0. The van der Waals surface area contributed by atoms with Gasteiger partial charge >= 0.3 is 94.1 Å². The molecule has 0 aromatic rings. The van der Waals surface area contributed by atoms with E-state index in [2.05, 4.69) is 5.30 Å². The summed E-state index contributed by atoms with van der Waals surface area (Å²) >= 11 is 0.306. The van der Waals surface area contributed by atoms with Gasteiger partial charge in [-0.2, -0.15) is 0 Å². The first-order chi connectivity index (χ1) is 2.81. The van der Waals surface area contributed by atoms with Crippen molar-refractivity contribution in [2.24, 2.45) is 0 Å². The fourth-order valence-electron chi connectivity index (χ4n) is 0.0160. The van der Waals surface area contributed by atoms with Gasteiger partial charge in [-0.15, -0.1) is 0 Å². The van der Waals surface area contributed by atoms with E-state index in [0.29, 0.717) is 23.4 Å². The standard InChI is InChI=1S/Mo.Na.H2O3S.Sb.3H/c;;1-4(2)3;;;;/h;;(H2,1,2,3);;;;/q+1;;;+1;;;/p-2. The van der Waals surface area contributed by atoms with E-state index in [1.807, 2.05) is 0 Å². The van der Waals surface area contributed by atoms with E-state index < -0.39 is 11.4 Å². The molecule has 3 nitrogen and oxygen atoms in total. The summed E-state index contributed by atoms with van der Waals surface area (Å²) in [5.74, 6) is 0. The number of rotatable bonds is 2. The van der Waals surface area contributed by atoms with Crippen molar-refractivity contribution in [1.29, 1.82) is 0 Å². The summed E-state index contributed by atoms with van der Waals surface area (Å²) in [6.45, 7) is 0. The summed E-state index contributed by atoms with van der Waals surface area (Å²) in [6, 6.07) is 0. The summed E-state index contributed by atoms with van der Waals surface area (Å²) in [6.07, 6.45) is 0. The summed E-state index contributed by atoms with van der Waals surface area (Å²) in [4.78, 5) is 0. The molecule has 0 N–H and O–H groups in total. The molecular formula is H3MoNaO3SSb. The van der Waals surface area contributed by atoms with Gasteiger partial charge in [-0.3, -0.25) is 0 Å². The average molecular weight is 324 g/mol. The number of hydrogen-bond acceptors (Lipinski definition) is 3. The van der Waals surface area contributed by atoms with Gasteiger partial charge in [0.25, 0.3) is 0 Å². The summed E-state index contributed by atoms with van der Waals surface area (Å²) in [5, 5.41) is 0. The fourth-order valence-corrected chi connectivity index (χ4v) is 1.91. The third kappa shape index (κ3) is 8.58. The zero-order chi connectivity index (χ0) is 4.99. The molecule has 0 radical (unpaired) electrons. The van der Waals surface area contributed by atoms with E-state index in [9.17, 15) is 4.21 Å². The van der Waals surface area contributed by atoms with Crippen molar-refractivity contribution in [1.82, 2.24) is 0 Å². The molecule has 0 aromatic heterocycles. The van der Waals surface area contributed by atoms with Crippen molar-refractivity contribution < 1.29 is 29.7 Å². The quantitative estimate of drug-likeness (QED) is 0.549. The Balaban J connectivity index is 0. The first-order valence-corrected chi connectivity index (χ1v) is 4.07. The fraction of sp³-hybridized carbons (Fsp3) is 0. The molecule has 7 heteroatoms. The SMILES string of the molecule is O=S([O][Mo])[O][SbH2].[NaH]. The summed E-state index contributed by atoms with van der Waals surface area (Å²) in [5.41, 5.74) is 0. The van der Waals surface area contributed by atoms with E-state index in [1.54, 1.807) is 0 Å². The van der Waals surface area contributed by atoms with Crippen molar-refractivity contribution in [2.45, 2.75) is 0 Å². The Bertz CT molecular complexity index is 52.9. The molecule has 0 aliphatic heterocycles. The van der Waals surface area contributed by atoms with Gasteiger partial charge in [-0.1, -0.05) is 0 Å². The Morgan fingerprint density at radius 1 is 1.71 bits per heavy atom. The van der Waals surface area contributed by atoms with Crippen LogP contribution in [0.5, 0.6) is 0 Å². The molecule has 0 fully saturated rings. The molecule has 0 spiro atoms. The predicted molar refractivity (Wildman–Crippen MR) is 26.0 cm³/mol. The zero-order valence-corrected chi connectivity index (χ0v) is 8.74. The molecule has 0 aromatic carbocycles. The van der Waals surface area contributed by atoms with E-state index in [4.69, 9.17) is 0 Å². The molecule has 0 amide bonds. The second-order valence-corrected chi connectivity index (χ2v) is 3.76. The van der Waals surface area contributed by atoms with Crippen LogP contribution in [0.15, 0.2) is 0 Å². The third-order valence-electron chi connectivity index (χ3n) is 0.134. The molecule has 0 aliphatic carbocycles. The second kappa shape index (κ2) is 8.58. The Morgan fingerprint density at radius 2 is 2.14 bits per heavy atom. The molecule has 7 heavy (non-hydrogen) atoms. The molecule has 0 saturated heterocycles. The third-order valence-corrected chi connectivity index (χ3v) is 2.57. The maximum atomic E-state index is 9.88. The van der Waals surface area contributed by atoms with E-state index in [1.165, 1.54) is 20.2 Å². The Labute approximate surface area is 92.5 Å². The van der Waals surface area contributed by atoms with Crippen LogP contribution in [0.25, 0.3) is 0 Å². The van der Waals surface area contributed by atoms with E-state index >= 15 is 0 Å². The molecule has 1 atom stereocenters. The maximum absolute atomic E-state index is 9.88. The summed E-state index contributed by atoms with van der Waals surface area (Å²) in [7, 11) is 0. The molecule has 0 bridgehead atoms. The molecule has 39 valence electrons. The Morgan fingerprint density at radius 3 is 2.14 bits per heavy atom. The van der Waals surface area contributed by atoms with Crippen LogP contribution in [0.2, 0.25) is 0 Å². The molecule has 0 rings (SSSR count). The van der Waals surface area contributed by atoms with Crippen LogP contribution >= 0.6 is 0 Å². The first-order valence-electron chi connectivity index (χ1n) is 0.902. The van der Waals surface area contributed by atoms with Gasteiger partial charge in [-0.25, -0.2) is 0 Å². The van der Waals surface area contributed by atoms with Crippen LogP contribution in [-0.2, 0) is 36.9 Å². The van der Waals surface area contributed by atoms with Crippen molar-refractivity contribution in [3.63, 3.8) is 0 Å².